The smallest absolute Gasteiger partial charge is 0.271 e. The number of anilines is 1. The van der Waals surface area contributed by atoms with Crippen LogP contribution in [-0.2, 0) is 22.3 Å². The van der Waals surface area contributed by atoms with Gasteiger partial charge < -0.3 is 24.1 Å². The second-order valence-electron chi connectivity index (χ2n) is 7.54. The zero-order valence-electron chi connectivity index (χ0n) is 17.4. The molecule has 2 aliphatic heterocycles. The van der Waals surface area contributed by atoms with E-state index in [0.717, 1.165) is 17.7 Å². The van der Waals surface area contributed by atoms with Crippen LogP contribution in [-0.4, -0.2) is 49.2 Å². The third-order valence-electron chi connectivity index (χ3n) is 5.82. The number of methoxy groups -OCH3 is 1. The van der Waals surface area contributed by atoms with E-state index in [0.29, 0.717) is 57.2 Å². The third kappa shape index (κ3) is 3.78. The van der Waals surface area contributed by atoms with Crippen molar-refractivity contribution in [1.29, 1.82) is 5.26 Å². The van der Waals surface area contributed by atoms with Gasteiger partial charge in [0.15, 0.2) is 17.2 Å². The molecule has 1 N–H and O–H groups in total. The molecule has 8 nitrogen and oxygen atoms in total. The van der Waals surface area contributed by atoms with E-state index in [9.17, 15) is 10.1 Å². The van der Waals surface area contributed by atoms with Crippen molar-refractivity contribution in [3.63, 3.8) is 0 Å². The first-order valence-corrected chi connectivity index (χ1v) is 10.3. The van der Waals surface area contributed by atoms with Crippen molar-refractivity contribution in [2.45, 2.75) is 38.4 Å². The number of fused-ring (bicyclic) bond motifs is 1. The van der Waals surface area contributed by atoms with Crippen LogP contribution in [0.3, 0.4) is 0 Å². The lowest BCUT2D eigenvalue weighted by Gasteiger charge is -2.40. The standard InChI is InChI=1S/C22H26N4O4/c1-3-30-22(28-2)8-10-26(11-9-22)20-17(14-23)21(27)25-18(24-20)13-16-6-4-5-15-7-12-29-19(15)16/h4-6H,3,7-13H2,1-2H3,(H,24,25,27). The van der Waals surface area contributed by atoms with Crippen LogP contribution in [0.5, 0.6) is 5.75 Å². The Labute approximate surface area is 175 Å². The number of piperidine rings is 1. The molecule has 1 aromatic carbocycles. The molecule has 0 atom stereocenters. The number of nitrogens with zero attached hydrogens (tertiary/aromatic N) is 3. The van der Waals surface area contributed by atoms with Crippen molar-refractivity contribution in [1.82, 2.24) is 9.97 Å². The van der Waals surface area contributed by atoms with Gasteiger partial charge >= 0.3 is 0 Å². The Morgan fingerprint density at radius 1 is 1.37 bits per heavy atom. The summed E-state index contributed by atoms with van der Waals surface area (Å²) in [6.45, 7) is 4.35. The third-order valence-corrected chi connectivity index (χ3v) is 5.82. The highest BCUT2D eigenvalue weighted by atomic mass is 16.7. The van der Waals surface area contributed by atoms with Crippen molar-refractivity contribution >= 4 is 5.82 Å². The minimum atomic E-state index is -0.621. The van der Waals surface area contributed by atoms with E-state index >= 15 is 0 Å². The van der Waals surface area contributed by atoms with Gasteiger partial charge in [-0.15, -0.1) is 0 Å². The second-order valence-corrected chi connectivity index (χ2v) is 7.54. The summed E-state index contributed by atoms with van der Waals surface area (Å²) in [5, 5.41) is 9.56. The molecule has 30 heavy (non-hydrogen) atoms. The molecular weight excluding hydrogens is 384 g/mol. The zero-order chi connectivity index (χ0) is 21.1. The lowest BCUT2D eigenvalue weighted by Crippen LogP contribution is -2.48. The SMILES string of the molecule is CCOC1(OC)CCN(c2nc(Cc3cccc4c3OCC4)[nH]c(=O)c2C#N)CC1. The topological polar surface area (TPSA) is 100 Å². The summed E-state index contributed by atoms with van der Waals surface area (Å²) < 4.78 is 17.2. The van der Waals surface area contributed by atoms with Crippen LogP contribution >= 0.6 is 0 Å². The summed E-state index contributed by atoms with van der Waals surface area (Å²) in [6, 6.07) is 8.05. The molecule has 1 saturated heterocycles. The highest BCUT2D eigenvalue weighted by Gasteiger charge is 2.36. The van der Waals surface area contributed by atoms with Crippen LogP contribution < -0.4 is 15.2 Å². The number of aromatic nitrogens is 2. The number of nitriles is 1. The largest absolute Gasteiger partial charge is 0.493 e. The molecule has 158 valence electrons. The van der Waals surface area contributed by atoms with Crippen LogP contribution in [0.25, 0.3) is 0 Å². The van der Waals surface area contributed by atoms with Crippen LogP contribution in [0.4, 0.5) is 5.82 Å². The molecule has 0 radical (unpaired) electrons. The second kappa shape index (κ2) is 8.46. The van der Waals surface area contributed by atoms with Crippen molar-refractivity contribution in [2.75, 3.05) is 38.3 Å². The van der Waals surface area contributed by atoms with Gasteiger partial charge in [-0.3, -0.25) is 4.79 Å². The molecule has 8 heteroatoms. The first kappa shape index (κ1) is 20.4. The highest BCUT2D eigenvalue weighted by molar-refractivity contribution is 5.54. The molecule has 2 aromatic rings. The number of rotatable bonds is 6. The number of nitrogens with one attached hydrogen (secondary N) is 1. The monoisotopic (exact) mass is 410 g/mol. The van der Waals surface area contributed by atoms with E-state index in [1.54, 1.807) is 7.11 Å². The molecule has 0 unspecified atom stereocenters. The molecule has 0 bridgehead atoms. The highest BCUT2D eigenvalue weighted by Crippen LogP contribution is 2.32. The Hall–Kier alpha value is -2.89. The Bertz CT molecular complexity index is 1020. The van der Waals surface area contributed by atoms with Crippen molar-refractivity contribution in [3.05, 3.63) is 51.1 Å². The molecule has 1 aromatic heterocycles. The molecule has 0 saturated carbocycles. The Morgan fingerprint density at radius 3 is 2.87 bits per heavy atom. The predicted octanol–water partition coefficient (Wildman–Crippen LogP) is 2.15. The van der Waals surface area contributed by atoms with Crippen molar-refractivity contribution < 1.29 is 14.2 Å². The first-order valence-electron chi connectivity index (χ1n) is 10.3. The van der Waals surface area contributed by atoms with Gasteiger partial charge in [-0.2, -0.15) is 5.26 Å². The molecule has 2 aliphatic rings. The average molecular weight is 410 g/mol. The summed E-state index contributed by atoms with van der Waals surface area (Å²) in [4.78, 5) is 22.0. The number of hydrogen-bond acceptors (Lipinski definition) is 7. The van der Waals surface area contributed by atoms with Gasteiger partial charge in [0.25, 0.3) is 5.56 Å². The van der Waals surface area contributed by atoms with Gasteiger partial charge in [-0.25, -0.2) is 4.98 Å². The maximum atomic E-state index is 12.6. The van der Waals surface area contributed by atoms with Crippen molar-refractivity contribution in [3.8, 4) is 11.8 Å². The number of aromatic amines is 1. The quantitative estimate of drug-likeness (QED) is 0.728. The maximum absolute atomic E-state index is 12.6. The summed E-state index contributed by atoms with van der Waals surface area (Å²) in [7, 11) is 1.65. The number of para-hydroxylation sites is 1. The van der Waals surface area contributed by atoms with E-state index in [1.807, 2.05) is 30.0 Å². The lowest BCUT2D eigenvalue weighted by molar-refractivity contribution is -0.230. The molecule has 3 heterocycles. The molecule has 4 rings (SSSR count). The van der Waals surface area contributed by atoms with E-state index in [2.05, 4.69) is 16.0 Å². The lowest BCUT2D eigenvalue weighted by atomic mass is 10.0. The van der Waals surface area contributed by atoms with Gasteiger partial charge in [0.2, 0.25) is 0 Å². The minimum absolute atomic E-state index is 0.0367. The summed E-state index contributed by atoms with van der Waals surface area (Å²) in [5.41, 5.74) is 1.78. The average Bonchev–Trinajstić information content (AvgIpc) is 3.24. The molecular formula is C22H26N4O4. The molecule has 0 spiro atoms. The fraction of sp³-hybridized carbons (Fsp3) is 0.500. The van der Waals surface area contributed by atoms with E-state index in [4.69, 9.17) is 14.2 Å². The summed E-state index contributed by atoms with van der Waals surface area (Å²) in [5.74, 6) is 1.20. The molecule has 0 aliphatic carbocycles. The van der Waals surface area contributed by atoms with E-state index in [-0.39, 0.29) is 5.56 Å². The van der Waals surface area contributed by atoms with Gasteiger partial charge in [-0.05, 0) is 12.5 Å². The summed E-state index contributed by atoms with van der Waals surface area (Å²) in [6.07, 6.45) is 2.59. The van der Waals surface area contributed by atoms with Gasteiger partial charge in [-0.1, -0.05) is 18.2 Å². The predicted molar refractivity (Wildman–Crippen MR) is 111 cm³/mol. The van der Waals surface area contributed by atoms with Crippen LogP contribution in [0.2, 0.25) is 0 Å². The summed E-state index contributed by atoms with van der Waals surface area (Å²) >= 11 is 0. The Balaban J connectivity index is 1.62. The number of H-pyrrole nitrogens is 1. The van der Waals surface area contributed by atoms with Crippen LogP contribution in [0.1, 0.15) is 42.3 Å². The van der Waals surface area contributed by atoms with E-state index in [1.165, 1.54) is 5.56 Å². The molecule has 0 amide bonds. The Morgan fingerprint density at radius 2 is 2.17 bits per heavy atom. The maximum Gasteiger partial charge on any atom is 0.271 e. The first-order chi connectivity index (χ1) is 14.6. The fourth-order valence-corrected chi connectivity index (χ4v) is 4.25. The Kier molecular flexibility index (Phi) is 5.75. The minimum Gasteiger partial charge on any atom is -0.493 e. The normalized spacial score (nSPS) is 17.3. The number of ether oxygens (including phenoxy) is 3. The van der Waals surface area contributed by atoms with Crippen LogP contribution in [0.15, 0.2) is 23.0 Å². The fourth-order valence-electron chi connectivity index (χ4n) is 4.25. The van der Waals surface area contributed by atoms with E-state index < -0.39 is 11.3 Å². The van der Waals surface area contributed by atoms with Gasteiger partial charge in [0.05, 0.1) is 6.61 Å². The van der Waals surface area contributed by atoms with Gasteiger partial charge in [0, 0.05) is 58.1 Å². The zero-order valence-corrected chi connectivity index (χ0v) is 17.4. The number of hydrogen-bond donors (Lipinski definition) is 1. The number of benzene rings is 1. The van der Waals surface area contributed by atoms with Crippen LogP contribution in [0, 0.1) is 11.3 Å². The van der Waals surface area contributed by atoms with Crippen molar-refractivity contribution in [2.24, 2.45) is 0 Å². The van der Waals surface area contributed by atoms with Gasteiger partial charge in [0.1, 0.15) is 17.6 Å². The molecule has 1 fully saturated rings.